The lowest BCUT2D eigenvalue weighted by Gasteiger charge is -2.35. The molecule has 2 aliphatic rings. The predicted octanol–water partition coefficient (Wildman–Crippen LogP) is 2.00. The first-order chi connectivity index (χ1) is 15.0. The molecule has 2 fully saturated rings. The summed E-state index contributed by atoms with van der Waals surface area (Å²) in [5.74, 6) is 0.331. The lowest BCUT2D eigenvalue weighted by Crippen LogP contribution is -2.48. The van der Waals surface area contributed by atoms with Crippen LogP contribution < -0.4 is 15.5 Å². The maximum Gasteiger partial charge on any atom is 0.329 e. The van der Waals surface area contributed by atoms with Crippen LogP contribution in [0.3, 0.4) is 0 Å². The molecule has 2 aromatic rings. The van der Waals surface area contributed by atoms with Gasteiger partial charge in [0, 0.05) is 43.6 Å². The van der Waals surface area contributed by atoms with E-state index in [9.17, 15) is 14.9 Å². The number of carbonyl (C=O) groups is 1. The third-order valence-electron chi connectivity index (χ3n) is 5.33. The molecule has 1 aliphatic heterocycles. The first-order valence-corrected chi connectivity index (χ1v) is 10.2. The Balaban J connectivity index is 1.37. The number of hydrogen-bond acceptors (Lipinski definition) is 10. The number of benzene rings is 1. The molecule has 11 nitrogen and oxygen atoms in total. The molecule has 1 saturated carbocycles. The molecule has 1 aliphatic carbocycles. The Labute approximate surface area is 179 Å². The standard InChI is InChI=1S/C20H25N7O4/c1-31-18(28)13-25-8-10-26(11-9-25)16-6-4-15(5-7-16)23-20-21-12-17(27(29)30)19(24-20)22-14-2-3-14/h4-7,12,14H,2-3,8-11,13H2,1H3,(H2,21,22,23,24). The van der Waals surface area contributed by atoms with Crippen molar-refractivity contribution in [2.24, 2.45) is 0 Å². The SMILES string of the molecule is COC(=O)CN1CCN(c2ccc(Nc3ncc([N+](=O)[O-])c(NC4CC4)n3)cc2)CC1. The minimum Gasteiger partial charge on any atom is -0.468 e. The topological polar surface area (TPSA) is 126 Å². The second kappa shape index (κ2) is 9.13. The summed E-state index contributed by atoms with van der Waals surface area (Å²) in [6, 6.07) is 8.11. The maximum atomic E-state index is 11.4. The molecular weight excluding hydrogens is 402 g/mol. The van der Waals surface area contributed by atoms with Crippen molar-refractivity contribution in [3.63, 3.8) is 0 Å². The van der Waals surface area contributed by atoms with Gasteiger partial charge in [-0.1, -0.05) is 0 Å². The van der Waals surface area contributed by atoms with Gasteiger partial charge in [-0.25, -0.2) is 4.98 Å². The van der Waals surface area contributed by atoms with Crippen LogP contribution in [0.4, 0.5) is 28.8 Å². The van der Waals surface area contributed by atoms with Crippen molar-refractivity contribution in [2.45, 2.75) is 18.9 Å². The molecule has 0 bridgehead atoms. The van der Waals surface area contributed by atoms with Gasteiger partial charge < -0.3 is 20.3 Å². The monoisotopic (exact) mass is 427 g/mol. The lowest BCUT2D eigenvalue weighted by molar-refractivity contribution is -0.384. The van der Waals surface area contributed by atoms with Crippen LogP contribution in [0.2, 0.25) is 0 Å². The van der Waals surface area contributed by atoms with Gasteiger partial charge in [0.1, 0.15) is 6.20 Å². The fourth-order valence-electron chi connectivity index (χ4n) is 3.39. The van der Waals surface area contributed by atoms with Crippen molar-refractivity contribution < 1.29 is 14.5 Å². The molecule has 164 valence electrons. The molecule has 11 heteroatoms. The first kappa shape index (κ1) is 20.8. The van der Waals surface area contributed by atoms with Crippen LogP contribution >= 0.6 is 0 Å². The number of esters is 1. The number of anilines is 4. The number of aromatic nitrogens is 2. The van der Waals surface area contributed by atoms with Crippen molar-refractivity contribution in [2.75, 3.05) is 55.4 Å². The van der Waals surface area contributed by atoms with Gasteiger partial charge in [0.05, 0.1) is 18.6 Å². The van der Waals surface area contributed by atoms with Gasteiger partial charge >= 0.3 is 11.7 Å². The van der Waals surface area contributed by atoms with E-state index in [0.717, 1.165) is 50.4 Å². The molecule has 1 aromatic heterocycles. The van der Waals surface area contributed by atoms with Crippen LogP contribution in [0, 0.1) is 10.1 Å². The normalized spacial score (nSPS) is 16.6. The van der Waals surface area contributed by atoms with Crippen molar-refractivity contribution in [1.29, 1.82) is 0 Å². The molecule has 31 heavy (non-hydrogen) atoms. The fourth-order valence-corrected chi connectivity index (χ4v) is 3.39. The van der Waals surface area contributed by atoms with E-state index in [1.807, 2.05) is 24.3 Å². The summed E-state index contributed by atoms with van der Waals surface area (Å²) in [6.07, 6.45) is 3.20. The highest BCUT2D eigenvalue weighted by Crippen LogP contribution is 2.30. The molecular formula is C20H25N7O4. The van der Waals surface area contributed by atoms with Gasteiger partial charge in [-0.2, -0.15) is 4.98 Å². The Bertz CT molecular complexity index is 941. The largest absolute Gasteiger partial charge is 0.468 e. The summed E-state index contributed by atoms with van der Waals surface area (Å²) in [6.45, 7) is 3.56. The fraction of sp³-hybridized carbons (Fsp3) is 0.450. The highest BCUT2D eigenvalue weighted by molar-refractivity contribution is 5.71. The van der Waals surface area contributed by atoms with Crippen molar-refractivity contribution in [3.05, 3.63) is 40.6 Å². The predicted molar refractivity (Wildman–Crippen MR) is 116 cm³/mol. The quantitative estimate of drug-likeness (QED) is 0.367. The van der Waals surface area contributed by atoms with E-state index < -0.39 is 4.92 Å². The Morgan fingerprint density at radius 1 is 1.23 bits per heavy atom. The number of nitrogens with one attached hydrogen (secondary N) is 2. The van der Waals surface area contributed by atoms with E-state index in [-0.39, 0.29) is 23.5 Å². The first-order valence-electron chi connectivity index (χ1n) is 10.2. The number of nitro groups is 1. The van der Waals surface area contributed by atoms with Crippen LogP contribution in [0.25, 0.3) is 0 Å². The second-order valence-electron chi connectivity index (χ2n) is 7.61. The van der Waals surface area contributed by atoms with Crippen LogP contribution in [0.5, 0.6) is 0 Å². The average Bonchev–Trinajstić information content (AvgIpc) is 3.59. The summed E-state index contributed by atoms with van der Waals surface area (Å²) in [5, 5.41) is 17.4. The second-order valence-corrected chi connectivity index (χ2v) is 7.61. The Morgan fingerprint density at radius 3 is 2.55 bits per heavy atom. The number of rotatable bonds is 8. The molecule has 2 N–H and O–H groups in total. The van der Waals surface area contributed by atoms with E-state index in [4.69, 9.17) is 4.74 Å². The van der Waals surface area contributed by atoms with E-state index in [2.05, 4.69) is 30.4 Å². The van der Waals surface area contributed by atoms with Gasteiger partial charge in [-0.3, -0.25) is 19.8 Å². The highest BCUT2D eigenvalue weighted by Gasteiger charge is 2.26. The third-order valence-corrected chi connectivity index (χ3v) is 5.33. The number of piperazine rings is 1. The van der Waals surface area contributed by atoms with Crippen LogP contribution in [0.1, 0.15) is 12.8 Å². The highest BCUT2D eigenvalue weighted by atomic mass is 16.6. The molecule has 0 atom stereocenters. The minimum absolute atomic E-state index is 0.126. The molecule has 1 aromatic carbocycles. The average molecular weight is 427 g/mol. The van der Waals surface area contributed by atoms with Crippen molar-refractivity contribution in [1.82, 2.24) is 14.9 Å². The van der Waals surface area contributed by atoms with Gasteiger partial charge in [-0.15, -0.1) is 0 Å². The smallest absolute Gasteiger partial charge is 0.329 e. The van der Waals surface area contributed by atoms with Gasteiger partial charge in [0.2, 0.25) is 11.8 Å². The number of carbonyl (C=O) groups excluding carboxylic acids is 1. The number of ether oxygens (including phenoxy) is 1. The summed E-state index contributed by atoms with van der Waals surface area (Å²) >= 11 is 0. The van der Waals surface area contributed by atoms with Gasteiger partial charge in [0.15, 0.2) is 0 Å². The summed E-state index contributed by atoms with van der Waals surface area (Å²) < 4.78 is 4.73. The van der Waals surface area contributed by atoms with Crippen molar-refractivity contribution in [3.8, 4) is 0 Å². The van der Waals surface area contributed by atoms with Crippen LogP contribution in [-0.4, -0.2) is 71.6 Å². The zero-order chi connectivity index (χ0) is 21.8. The van der Waals surface area contributed by atoms with Crippen LogP contribution in [0.15, 0.2) is 30.5 Å². The maximum absolute atomic E-state index is 11.4. The number of nitrogens with zero attached hydrogens (tertiary/aromatic N) is 5. The Kier molecular flexibility index (Phi) is 6.12. The zero-order valence-corrected chi connectivity index (χ0v) is 17.3. The summed E-state index contributed by atoms with van der Waals surface area (Å²) in [4.78, 5) is 34.9. The molecule has 0 amide bonds. The van der Waals surface area contributed by atoms with Crippen molar-refractivity contribution >= 4 is 34.8 Å². The summed E-state index contributed by atoms with van der Waals surface area (Å²) in [5.41, 5.74) is 1.75. The number of hydrogen-bond donors (Lipinski definition) is 2. The lowest BCUT2D eigenvalue weighted by atomic mass is 10.2. The number of methoxy groups -OCH3 is 1. The molecule has 0 spiro atoms. The van der Waals surface area contributed by atoms with Gasteiger partial charge in [0.25, 0.3) is 0 Å². The molecule has 4 rings (SSSR count). The van der Waals surface area contributed by atoms with E-state index in [1.54, 1.807) is 0 Å². The molecule has 0 unspecified atom stereocenters. The minimum atomic E-state index is -0.478. The summed E-state index contributed by atoms with van der Waals surface area (Å²) in [7, 11) is 1.40. The third kappa shape index (κ3) is 5.37. The van der Waals surface area contributed by atoms with E-state index in [1.165, 1.54) is 13.3 Å². The molecule has 0 radical (unpaired) electrons. The molecule has 2 heterocycles. The zero-order valence-electron chi connectivity index (χ0n) is 17.3. The molecule has 1 saturated heterocycles. The van der Waals surface area contributed by atoms with E-state index in [0.29, 0.717) is 12.5 Å². The Morgan fingerprint density at radius 2 is 1.94 bits per heavy atom. The Hall–Kier alpha value is -3.47. The van der Waals surface area contributed by atoms with Gasteiger partial charge in [-0.05, 0) is 37.1 Å². The van der Waals surface area contributed by atoms with E-state index >= 15 is 0 Å². The van der Waals surface area contributed by atoms with Crippen LogP contribution in [-0.2, 0) is 9.53 Å².